The van der Waals surface area contributed by atoms with E-state index in [9.17, 15) is 0 Å². The van der Waals surface area contributed by atoms with Crippen LogP contribution in [0.25, 0.3) is 0 Å². The Morgan fingerprint density at radius 1 is 1.33 bits per heavy atom. The summed E-state index contributed by atoms with van der Waals surface area (Å²) in [6.45, 7) is 0.735. The third-order valence-electron chi connectivity index (χ3n) is 1.46. The minimum atomic E-state index is 0.735. The first-order valence-corrected chi connectivity index (χ1v) is 3.02. The Labute approximate surface area is 53.5 Å². The van der Waals surface area contributed by atoms with Crippen molar-refractivity contribution >= 4 is 5.69 Å². The first kappa shape index (κ1) is 4.82. The molecule has 1 aromatic rings. The summed E-state index contributed by atoms with van der Waals surface area (Å²) < 4.78 is 5.24. The summed E-state index contributed by atoms with van der Waals surface area (Å²) in [6, 6.07) is 8.04. The van der Waals surface area contributed by atoms with Crippen LogP contribution in [-0.2, 0) is 0 Å². The molecule has 1 heterocycles. The maximum Gasteiger partial charge on any atom is 0.225 e. The van der Waals surface area contributed by atoms with Crippen LogP contribution in [0, 0.1) is 0 Å². The predicted molar refractivity (Wildman–Crippen MR) is 33.5 cm³/mol. The van der Waals surface area contributed by atoms with Gasteiger partial charge in [-0.1, -0.05) is 12.1 Å². The summed E-state index contributed by atoms with van der Waals surface area (Å²) in [4.78, 5) is 0. The molecule has 0 atom stereocenters. The summed E-state index contributed by atoms with van der Waals surface area (Å²) in [6.07, 6.45) is 0. The normalized spacial score (nSPS) is 14.7. The van der Waals surface area contributed by atoms with Crippen molar-refractivity contribution in [1.29, 1.82) is 0 Å². The Morgan fingerprint density at radius 2 is 2.22 bits per heavy atom. The molecule has 0 fully saturated rings. The van der Waals surface area contributed by atoms with E-state index in [4.69, 9.17) is 4.74 Å². The largest absolute Gasteiger partial charge is 0.439 e. The maximum absolute atomic E-state index is 5.24. The number of hydrogen-bond acceptors (Lipinski definition) is 1. The van der Waals surface area contributed by atoms with Crippen LogP contribution >= 0.6 is 0 Å². The van der Waals surface area contributed by atoms with Crippen molar-refractivity contribution in [3.63, 3.8) is 0 Å². The van der Waals surface area contributed by atoms with Gasteiger partial charge in [0, 0.05) is 6.07 Å². The van der Waals surface area contributed by atoms with E-state index in [0.29, 0.717) is 0 Å². The van der Waals surface area contributed by atoms with Gasteiger partial charge in [-0.2, -0.15) is 0 Å². The molecule has 0 aliphatic carbocycles. The van der Waals surface area contributed by atoms with Crippen LogP contribution in [0.3, 0.4) is 0 Å². The zero-order valence-electron chi connectivity index (χ0n) is 5.00. The second kappa shape index (κ2) is 1.74. The summed E-state index contributed by atoms with van der Waals surface area (Å²) in [7, 11) is 0. The summed E-state index contributed by atoms with van der Waals surface area (Å²) in [5, 5.41) is 2.08. The average Bonchev–Trinajstić information content (AvgIpc) is 2.33. The van der Waals surface area contributed by atoms with Crippen molar-refractivity contribution in [3.8, 4) is 5.75 Å². The number of hydrogen-bond donors (Lipinski definition) is 1. The number of benzene rings is 1. The summed E-state index contributed by atoms with van der Waals surface area (Å²) >= 11 is 0. The minimum Gasteiger partial charge on any atom is -0.439 e. The van der Waals surface area contributed by atoms with Crippen LogP contribution in [0.1, 0.15) is 0 Å². The fourth-order valence-corrected chi connectivity index (χ4v) is 1.00. The molecular formula is C7H8NO+. The standard InChI is InChI=1S/C7H7NO/c1-2-4-7-6(3-1)8-5-9-7/h1-4,8H,5H2/p+1. The Bertz CT molecular complexity index is 199. The SMILES string of the molecule is c1ccc2c(c1)[NH2+]CO2. The van der Waals surface area contributed by atoms with Crippen LogP contribution in [0.5, 0.6) is 5.75 Å². The molecule has 0 radical (unpaired) electrons. The monoisotopic (exact) mass is 122 g/mol. The van der Waals surface area contributed by atoms with Gasteiger partial charge in [0.1, 0.15) is 0 Å². The van der Waals surface area contributed by atoms with Gasteiger partial charge in [-0.05, 0) is 6.07 Å². The van der Waals surface area contributed by atoms with E-state index < -0.39 is 0 Å². The third kappa shape index (κ3) is 0.678. The van der Waals surface area contributed by atoms with Crippen molar-refractivity contribution < 1.29 is 10.1 Å². The molecule has 0 amide bonds. The Hall–Kier alpha value is -1.02. The second-order valence-corrected chi connectivity index (χ2v) is 2.05. The van der Waals surface area contributed by atoms with Gasteiger partial charge in [0.15, 0.2) is 11.4 Å². The quantitative estimate of drug-likeness (QED) is 0.490. The molecule has 1 aromatic carbocycles. The van der Waals surface area contributed by atoms with Gasteiger partial charge in [-0.3, -0.25) is 5.32 Å². The highest BCUT2D eigenvalue weighted by Gasteiger charge is 2.12. The highest BCUT2D eigenvalue weighted by molar-refractivity contribution is 5.45. The van der Waals surface area contributed by atoms with Gasteiger partial charge in [-0.15, -0.1) is 0 Å². The Kier molecular flexibility index (Phi) is 0.932. The lowest BCUT2D eigenvalue weighted by atomic mass is 10.3. The van der Waals surface area contributed by atoms with E-state index >= 15 is 0 Å². The molecule has 2 nitrogen and oxygen atoms in total. The highest BCUT2D eigenvalue weighted by Crippen LogP contribution is 2.20. The first-order valence-electron chi connectivity index (χ1n) is 3.02. The fraction of sp³-hybridized carbons (Fsp3) is 0.143. The van der Waals surface area contributed by atoms with Crippen molar-refractivity contribution in [1.82, 2.24) is 0 Å². The minimum absolute atomic E-state index is 0.735. The Balaban J connectivity index is 2.54. The van der Waals surface area contributed by atoms with Crippen LogP contribution in [-0.4, -0.2) is 6.73 Å². The van der Waals surface area contributed by atoms with E-state index in [-0.39, 0.29) is 0 Å². The average molecular weight is 122 g/mol. The highest BCUT2D eigenvalue weighted by atomic mass is 16.5. The lowest BCUT2D eigenvalue weighted by Gasteiger charge is -1.87. The molecule has 46 valence electrons. The van der Waals surface area contributed by atoms with Gasteiger partial charge in [0.2, 0.25) is 6.73 Å². The summed E-state index contributed by atoms with van der Waals surface area (Å²) in [5.74, 6) is 1.01. The van der Waals surface area contributed by atoms with E-state index in [0.717, 1.165) is 12.5 Å². The zero-order valence-corrected chi connectivity index (χ0v) is 5.00. The molecule has 2 heteroatoms. The van der Waals surface area contributed by atoms with Gasteiger partial charge in [-0.25, -0.2) is 0 Å². The first-order chi connectivity index (χ1) is 4.47. The van der Waals surface area contributed by atoms with E-state index in [1.807, 2.05) is 18.2 Å². The topological polar surface area (TPSA) is 25.8 Å². The lowest BCUT2D eigenvalue weighted by Crippen LogP contribution is -2.76. The molecule has 9 heavy (non-hydrogen) atoms. The van der Waals surface area contributed by atoms with Gasteiger partial charge < -0.3 is 4.74 Å². The molecule has 0 aromatic heterocycles. The summed E-state index contributed by atoms with van der Waals surface area (Å²) in [5.41, 5.74) is 1.22. The molecule has 0 spiro atoms. The predicted octanol–water partition coefficient (Wildman–Crippen LogP) is 0.231. The van der Waals surface area contributed by atoms with Crippen LogP contribution in [0.2, 0.25) is 0 Å². The molecule has 1 aliphatic rings. The van der Waals surface area contributed by atoms with Crippen molar-refractivity contribution in [2.24, 2.45) is 0 Å². The van der Waals surface area contributed by atoms with Crippen LogP contribution in [0.15, 0.2) is 24.3 Å². The number of para-hydroxylation sites is 2. The van der Waals surface area contributed by atoms with Crippen LogP contribution in [0.4, 0.5) is 5.69 Å². The number of nitrogens with two attached hydrogens (primary N) is 1. The Morgan fingerprint density at radius 3 is 3.11 bits per heavy atom. The van der Waals surface area contributed by atoms with E-state index in [2.05, 4.69) is 11.4 Å². The molecular weight excluding hydrogens is 114 g/mol. The van der Waals surface area contributed by atoms with E-state index in [1.54, 1.807) is 0 Å². The molecule has 2 N–H and O–H groups in total. The number of ether oxygens (including phenoxy) is 1. The van der Waals surface area contributed by atoms with Gasteiger partial charge in [0.05, 0.1) is 0 Å². The molecule has 0 saturated carbocycles. The molecule has 2 rings (SSSR count). The zero-order chi connectivity index (χ0) is 6.10. The number of rotatable bonds is 0. The van der Waals surface area contributed by atoms with Crippen molar-refractivity contribution in [3.05, 3.63) is 24.3 Å². The van der Waals surface area contributed by atoms with Crippen LogP contribution < -0.4 is 10.1 Å². The van der Waals surface area contributed by atoms with Gasteiger partial charge in [0.25, 0.3) is 0 Å². The maximum atomic E-state index is 5.24. The molecule has 0 bridgehead atoms. The fourth-order valence-electron chi connectivity index (χ4n) is 1.00. The lowest BCUT2D eigenvalue weighted by molar-refractivity contribution is -0.584. The van der Waals surface area contributed by atoms with Crippen molar-refractivity contribution in [2.45, 2.75) is 0 Å². The van der Waals surface area contributed by atoms with E-state index in [1.165, 1.54) is 5.69 Å². The number of fused-ring (bicyclic) bond motifs is 1. The number of quaternary nitrogens is 1. The molecule has 0 saturated heterocycles. The second-order valence-electron chi connectivity index (χ2n) is 2.05. The smallest absolute Gasteiger partial charge is 0.225 e. The molecule has 1 aliphatic heterocycles. The van der Waals surface area contributed by atoms with Crippen molar-refractivity contribution in [2.75, 3.05) is 6.73 Å². The third-order valence-corrected chi connectivity index (χ3v) is 1.46. The van der Waals surface area contributed by atoms with Gasteiger partial charge >= 0.3 is 0 Å². The molecule has 0 unspecified atom stereocenters.